The third-order valence-corrected chi connectivity index (χ3v) is 4.22. The van der Waals surface area contributed by atoms with Crippen LogP contribution in [0.15, 0.2) is 49.1 Å². The molecule has 0 saturated heterocycles. The zero-order valence-corrected chi connectivity index (χ0v) is 15.6. The minimum atomic E-state index is -0.388. The number of carbonyl (C=O) groups is 1. The molecule has 0 saturated carbocycles. The smallest absolute Gasteiger partial charge is 0.275 e. The molecule has 0 bridgehead atoms. The Kier molecular flexibility index (Phi) is 5.83. The lowest BCUT2D eigenvalue weighted by Gasteiger charge is -2.12. The van der Waals surface area contributed by atoms with Crippen LogP contribution in [0.25, 0.3) is 0 Å². The van der Waals surface area contributed by atoms with Crippen LogP contribution >= 0.6 is 11.6 Å². The Bertz CT molecular complexity index is 933. The molecule has 0 unspecified atom stereocenters. The van der Waals surface area contributed by atoms with E-state index in [1.54, 1.807) is 24.5 Å². The maximum absolute atomic E-state index is 12.4. The van der Waals surface area contributed by atoms with Crippen molar-refractivity contribution in [3.63, 3.8) is 0 Å². The van der Waals surface area contributed by atoms with Crippen LogP contribution in [0, 0.1) is 6.92 Å². The maximum Gasteiger partial charge on any atom is 0.275 e. The van der Waals surface area contributed by atoms with Gasteiger partial charge in [-0.15, -0.1) is 0 Å². The molecule has 7 nitrogen and oxygen atoms in total. The summed E-state index contributed by atoms with van der Waals surface area (Å²) in [7, 11) is 1.51. The highest BCUT2D eigenvalue weighted by Gasteiger charge is 2.13. The van der Waals surface area contributed by atoms with E-state index in [2.05, 4.69) is 25.6 Å². The van der Waals surface area contributed by atoms with Crippen molar-refractivity contribution >= 4 is 29.0 Å². The Balaban J connectivity index is 1.66. The van der Waals surface area contributed by atoms with E-state index in [0.29, 0.717) is 28.8 Å². The molecule has 2 N–H and O–H groups in total. The molecule has 27 heavy (non-hydrogen) atoms. The maximum atomic E-state index is 12.4. The van der Waals surface area contributed by atoms with Gasteiger partial charge in [-0.05, 0) is 30.2 Å². The number of nitrogens with one attached hydrogen (secondary N) is 2. The fourth-order valence-corrected chi connectivity index (χ4v) is 2.50. The van der Waals surface area contributed by atoms with E-state index in [9.17, 15) is 4.79 Å². The van der Waals surface area contributed by atoms with Crippen molar-refractivity contribution < 1.29 is 9.53 Å². The van der Waals surface area contributed by atoms with Gasteiger partial charge in [0, 0.05) is 30.0 Å². The van der Waals surface area contributed by atoms with Crippen LogP contribution in [-0.4, -0.2) is 28.0 Å². The van der Waals surface area contributed by atoms with Gasteiger partial charge >= 0.3 is 0 Å². The normalized spacial score (nSPS) is 10.3. The van der Waals surface area contributed by atoms with Crippen molar-refractivity contribution in [1.82, 2.24) is 15.0 Å². The van der Waals surface area contributed by atoms with Crippen LogP contribution in [0.3, 0.4) is 0 Å². The predicted octanol–water partition coefficient (Wildman–Crippen LogP) is 3.71. The Labute approximate surface area is 161 Å². The summed E-state index contributed by atoms with van der Waals surface area (Å²) in [6.07, 6.45) is 6.41. The monoisotopic (exact) mass is 383 g/mol. The molecule has 0 aliphatic carbocycles. The molecule has 0 aliphatic rings. The van der Waals surface area contributed by atoms with Gasteiger partial charge in [0.2, 0.25) is 0 Å². The summed E-state index contributed by atoms with van der Waals surface area (Å²) in [5.41, 5.74) is 2.56. The van der Waals surface area contributed by atoms with E-state index in [-0.39, 0.29) is 11.6 Å². The number of aromatic nitrogens is 3. The summed E-state index contributed by atoms with van der Waals surface area (Å²) in [5.74, 6) is 0.651. The van der Waals surface area contributed by atoms with E-state index in [1.807, 2.05) is 19.1 Å². The molecule has 3 rings (SSSR count). The number of halogens is 1. The van der Waals surface area contributed by atoms with Crippen LogP contribution in [-0.2, 0) is 6.54 Å². The number of nitrogens with zero attached hydrogens (tertiary/aromatic N) is 3. The van der Waals surface area contributed by atoms with Crippen LogP contribution in [0.1, 0.15) is 21.6 Å². The lowest BCUT2D eigenvalue weighted by Crippen LogP contribution is -2.15. The summed E-state index contributed by atoms with van der Waals surface area (Å²) in [5, 5.41) is 6.46. The van der Waals surface area contributed by atoms with Crippen molar-refractivity contribution in [1.29, 1.82) is 0 Å². The third-order valence-electron chi connectivity index (χ3n) is 3.81. The van der Waals surface area contributed by atoms with Crippen LogP contribution < -0.4 is 15.4 Å². The quantitative estimate of drug-likeness (QED) is 0.674. The van der Waals surface area contributed by atoms with Crippen LogP contribution in [0.5, 0.6) is 5.75 Å². The molecule has 2 heterocycles. The summed E-state index contributed by atoms with van der Waals surface area (Å²) < 4.78 is 5.26. The number of aryl methyl sites for hydroxylation is 1. The average molecular weight is 384 g/mol. The number of amides is 1. The van der Waals surface area contributed by atoms with Gasteiger partial charge in [-0.3, -0.25) is 9.78 Å². The molecular weight excluding hydrogens is 366 g/mol. The van der Waals surface area contributed by atoms with Gasteiger partial charge in [0.05, 0.1) is 25.2 Å². The fraction of sp³-hybridized carbons (Fsp3) is 0.158. The van der Waals surface area contributed by atoms with Gasteiger partial charge in [-0.25, -0.2) is 9.97 Å². The second kappa shape index (κ2) is 8.46. The molecule has 0 spiro atoms. The van der Waals surface area contributed by atoms with Crippen LogP contribution in [0.2, 0.25) is 5.02 Å². The first-order valence-corrected chi connectivity index (χ1v) is 8.55. The molecule has 138 valence electrons. The highest BCUT2D eigenvalue weighted by atomic mass is 35.5. The summed E-state index contributed by atoms with van der Waals surface area (Å²) in [6.45, 7) is 2.41. The molecular formula is C19H18ClN5O2. The van der Waals surface area contributed by atoms with E-state index in [4.69, 9.17) is 16.3 Å². The second-order valence-corrected chi connectivity index (χ2v) is 6.16. The number of anilines is 2. The number of ether oxygens (including phenoxy) is 1. The van der Waals surface area contributed by atoms with E-state index in [0.717, 1.165) is 11.1 Å². The molecule has 0 radical (unpaired) electrons. The van der Waals surface area contributed by atoms with Gasteiger partial charge in [0.15, 0.2) is 0 Å². The zero-order chi connectivity index (χ0) is 19.2. The molecule has 2 aromatic heterocycles. The molecule has 1 aromatic carbocycles. The zero-order valence-electron chi connectivity index (χ0n) is 14.9. The second-order valence-electron chi connectivity index (χ2n) is 5.76. The van der Waals surface area contributed by atoms with Crippen molar-refractivity contribution in [2.75, 3.05) is 17.7 Å². The predicted molar refractivity (Wildman–Crippen MR) is 104 cm³/mol. The van der Waals surface area contributed by atoms with E-state index < -0.39 is 0 Å². The number of carbonyl (C=O) groups excluding carboxylic acids is 1. The molecule has 0 aliphatic heterocycles. The Morgan fingerprint density at radius 1 is 1.22 bits per heavy atom. The first kappa shape index (κ1) is 18.6. The van der Waals surface area contributed by atoms with Crippen molar-refractivity contribution in [2.45, 2.75) is 13.5 Å². The van der Waals surface area contributed by atoms with E-state index >= 15 is 0 Å². The van der Waals surface area contributed by atoms with Crippen LogP contribution in [0.4, 0.5) is 11.5 Å². The van der Waals surface area contributed by atoms with Gasteiger partial charge in [0.1, 0.15) is 17.3 Å². The highest BCUT2D eigenvalue weighted by Crippen LogP contribution is 2.31. The summed E-state index contributed by atoms with van der Waals surface area (Å²) in [6, 6.07) is 7.22. The minimum Gasteiger partial charge on any atom is -0.495 e. The topological polar surface area (TPSA) is 89.0 Å². The number of pyridine rings is 1. The van der Waals surface area contributed by atoms with E-state index in [1.165, 1.54) is 19.5 Å². The number of methoxy groups -OCH3 is 1. The largest absolute Gasteiger partial charge is 0.495 e. The lowest BCUT2D eigenvalue weighted by atomic mass is 10.2. The first-order chi connectivity index (χ1) is 13.1. The van der Waals surface area contributed by atoms with Crippen molar-refractivity contribution in [3.8, 4) is 5.75 Å². The fourth-order valence-electron chi connectivity index (χ4n) is 2.35. The highest BCUT2D eigenvalue weighted by molar-refractivity contribution is 6.31. The van der Waals surface area contributed by atoms with Crippen molar-refractivity contribution in [3.05, 3.63) is 70.9 Å². The van der Waals surface area contributed by atoms with Gasteiger partial charge in [-0.2, -0.15) is 0 Å². The standard InChI is InChI=1S/C19H18ClN5O2/c1-12-6-15(17(27-2)7-14(12)20)25-19(26)16-10-24-18(11-22-16)23-9-13-4-3-5-21-8-13/h3-8,10-11H,9H2,1-2H3,(H,23,24)(H,25,26). The average Bonchev–Trinajstić information content (AvgIpc) is 2.70. The Morgan fingerprint density at radius 2 is 2.07 bits per heavy atom. The summed E-state index contributed by atoms with van der Waals surface area (Å²) >= 11 is 6.08. The summed E-state index contributed by atoms with van der Waals surface area (Å²) in [4.78, 5) is 24.9. The molecule has 1 amide bonds. The Hall–Kier alpha value is -3.19. The number of hydrogen-bond acceptors (Lipinski definition) is 6. The van der Waals surface area contributed by atoms with Gasteiger partial charge < -0.3 is 15.4 Å². The Morgan fingerprint density at radius 3 is 2.74 bits per heavy atom. The number of benzene rings is 1. The molecule has 3 aromatic rings. The van der Waals surface area contributed by atoms with Gasteiger partial charge in [0.25, 0.3) is 5.91 Å². The molecule has 0 atom stereocenters. The minimum absolute atomic E-state index is 0.191. The third kappa shape index (κ3) is 4.71. The molecule has 8 heteroatoms. The number of rotatable bonds is 6. The molecule has 0 fully saturated rings. The first-order valence-electron chi connectivity index (χ1n) is 8.17. The van der Waals surface area contributed by atoms with Crippen molar-refractivity contribution in [2.24, 2.45) is 0 Å². The number of hydrogen-bond donors (Lipinski definition) is 2. The van der Waals surface area contributed by atoms with Gasteiger partial charge in [-0.1, -0.05) is 17.7 Å². The SMILES string of the molecule is COc1cc(Cl)c(C)cc1NC(=O)c1cnc(NCc2cccnc2)cn1. The lowest BCUT2D eigenvalue weighted by molar-refractivity contribution is 0.102.